The molecule has 0 bridgehead atoms. The molecular formula is C19H19ClN4O2. The molecule has 2 aromatic heterocycles. The summed E-state index contributed by atoms with van der Waals surface area (Å²) in [5.74, 6) is 1.37. The molecule has 1 aliphatic rings. The highest BCUT2D eigenvalue weighted by Gasteiger charge is 2.33. The summed E-state index contributed by atoms with van der Waals surface area (Å²) < 4.78 is 7.59. The van der Waals surface area contributed by atoms with Gasteiger partial charge in [0.1, 0.15) is 18.3 Å². The van der Waals surface area contributed by atoms with Gasteiger partial charge in [-0.25, -0.2) is 4.98 Å². The van der Waals surface area contributed by atoms with Gasteiger partial charge in [0, 0.05) is 30.4 Å². The van der Waals surface area contributed by atoms with Crippen LogP contribution in [0.15, 0.2) is 53.3 Å². The van der Waals surface area contributed by atoms with E-state index in [1.54, 1.807) is 23.3 Å². The highest BCUT2D eigenvalue weighted by Crippen LogP contribution is 2.32. The fraction of sp³-hybridized carbons (Fsp3) is 0.316. The normalized spacial score (nSPS) is 17.0. The molecule has 26 heavy (non-hydrogen) atoms. The molecule has 1 fully saturated rings. The van der Waals surface area contributed by atoms with E-state index in [0.717, 1.165) is 24.2 Å². The van der Waals surface area contributed by atoms with Crippen LogP contribution < -0.4 is 0 Å². The van der Waals surface area contributed by atoms with Gasteiger partial charge in [-0.1, -0.05) is 29.8 Å². The number of hydrogen-bond donors (Lipinski definition) is 0. The molecule has 0 radical (unpaired) electrons. The van der Waals surface area contributed by atoms with Crippen LogP contribution in [0, 0.1) is 0 Å². The van der Waals surface area contributed by atoms with Crippen LogP contribution in [0.2, 0.25) is 5.02 Å². The molecule has 0 unspecified atom stereocenters. The Hall–Kier alpha value is -2.60. The highest BCUT2D eigenvalue weighted by molar-refractivity contribution is 6.31. The van der Waals surface area contributed by atoms with Gasteiger partial charge < -0.3 is 9.32 Å². The van der Waals surface area contributed by atoms with Crippen LogP contribution in [-0.2, 0) is 17.8 Å². The van der Waals surface area contributed by atoms with Crippen LogP contribution in [0.3, 0.4) is 0 Å². The molecular weight excluding hydrogens is 352 g/mol. The zero-order valence-electron chi connectivity index (χ0n) is 14.2. The van der Waals surface area contributed by atoms with E-state index in [9.17, 15) is 4.79 Å². The topological polar surface area (TPSA) is 64.2 Å². The largest absolute Gasteiger partial charge is 0.443 e. The minimum Gasteiger partial charge on any atom is -0.443 e. The molecule has 3 aromatic rings. The van der Waals surface area contributed by atoms with E-state index in [2.05, 4.69) is 10.1 Å². The van der Waals surface area contributed by atoms with E-state index in [4.69, 9.17) is 16.0 Å². The van der Waals surface area contributed by atoms with E-state index in [0.29, 0.717) is 23.9 Å². The summed E-state index contributed by atoms with van der Waals surface area (Å²) in [4.78, 5) is 18.9. The number of carbonyl (C=O) groups excluding carboxylic acids is 1. The molecule has 6 nitrogen and oxygen atoms in total. The predicted octanol–water partition coefficient (Wildman–Crippen LogP) is 3.48. The first-order valence-electron chi connectivity index (χ1n) is 8.65. The maximum Gasteiger partial charge on any atom is 0.244 e. The Balaban J connectivity index is 1.47. The predicted molar refractivity (Wildman–Crippen MR) is 96.7 cm³/mol. The monoisotopic (exact) mass is 370 g/mol. The third kappa shape index (κ3) is 3.51. The average Bonchev–Trinajstić information content (AvgIpc) is 3.37. The molecule has 0 aliphatic carbocycles. The molecule has 4 rings (SSSR count). The van der Waals surface area contributed by atoms with Crippen LogP contribution in [0.1, 0.15) is 36.1 Å². The first kappa shape index (κ1) is 16.8. The number of likely N-dealkylation sites (tertiary alicyclic amines) is 1. The molecule has 3 heterocycles. The van der Waals surface area contributed by atoms with E-state index < -0.39 is 0 Å². The lowest BCUT2D eigenvalue weighted by molar-refractivity contribution is -0.133. The van der Waals surface area contributed by atoms with Gasteiger partial charge in [-0.05, 0) is 30.5 Å². The van der Waals surface area contributed by atoms with Crippen molar-refractivity contribution in [2.75, 3.05) is 6.54 Å². The van der Waals surface area contributed by atoms with Crippen LogP contribution in [0.25, 0.3) is 0 Å². The second-order valence-corrected chi connectivity index (χ2v) is 6.79. The zero-order chi connectivity index (χ0) is 17.9. The number of rotatable bonds is 5. The van der Waals surface area contributed by atoms with Crippen molar-refractivity contribution >= 4 is 17.5 Å². The van der Waals surface area contributed by atoms with Crippen molar-refractivity contribution in [1.82, 2.24) is 19.7 Å². The minimum absolute atomic E-state index is 0.0297. The van der Waals surface area contributed by atoms with Gasteiger partial charge in [0.25, 0.3) is 0 Å². The van der Waals surface area contributed by atoms with Crippen LogP contribution in [0.4, 0.5) is 0 Å². The van der Waals surface area contributed by atoms with E-state index in [1.807, 2.05) is 35.2 Å². The maximum atomic E-state index is 12.6. The lowest BCUT2D eigenvalue weighted by Gasteiger charge is -2.22. The molecule has 1 aromatic carbocycles. The number of nitrogens with zero attached hydrogens (tertiary/aromatic N) is 4. The van der Waals surface area contributed by atoms with Gasteiger partial charge in [0.15, 0.2) is 0 Å². The third-order valence-electron chi connectivity index (χ3n) is 4.61. The van der Waals surface area contributed by atoms with Gasteiger partial charge in [-0.3, -0.25) is 9.48 Å². The molecule has 1 aliphatic heterocycles. The molecule has 1 saturated heterocycles. The van der Waals surface area contributed by atoms with Gasteiger partial charge in [0.05, 0.1) is 6.20 Å². The van der Waals surface area contributed by atoms with Crippen molar-refractivity contribution < 1.29 is 9.21 Å². The summed E-state index contributed by atoms with van der Waals surface area (Å²) in [6, 6.07) is 9.38. The SMILES string of the molecule is O=C(Cn1cccn1)N1CCC[C@H]1c1ncc(Cc2ccccc2Cl)o1. The standard InChI is InChI=1S/C19H19ClN4O2/c20-16-6-2-1-5-14(16)11-15-12-21-19(26-15)17-7-3-10-24(17)18(25)13-23-9-4-8-22-23/h1-2,4-6,8-9,12,17H,3,7,10-11,13H2/t17-/m0/s1. The number of aromatic nitrogens is 3. The molecule has 7 heteroatoms. The lowest BCUT2D eigenvalue weighted by Crippen LogP contribution is -2.33. The van der Waals surface area contributed by atoms with Gasteiger partial charge in [-0.2, -0.15) is 5.10 Å². The Bertz CT molecular complexity index is 891. The van der Waals surface area contributed by atoms with Gasteiger partial charge >= 0.3 is 0 Å². The number of benzene rings is 1. The fourth-order valence-electron chi connectivity index (χ4n) is 3.33. The number of oxazole rings is 1. The summed E-state index contributed by atoms with van der Waals surface area (Å²) in [7, 11) is 0. The molecule has 0 spiro atoms. The summed E-state index contributed by atoms with van der Waals surface area (Å²) in [5.41, 5.74) is 0.995. The van der Waals surface area contributed by atoms with E-state index in [-0.39, 0.29) is 18.5 Å². The smallest absolute Gasteiger partial charge is 0.244 e. The molecule has 1 amide bonds. The lowest BCUT2D eigenvalue weighted by atomic mass is 10.1. The van der Waals surface area contributed by atoms with Crippen LogP contribution >= 0.6 is 11.6 Å². The number of amides is 1. The third-order valence-corrected chi connectivity index (χ3v) is 4.98. The van der Waals surface area contributed by atoms with E-state index >= 15 is 0 Å². The average molecular weight is 371 g/mol. The van der Waals surface area contributed by atoms with Gasteiger partial charge in [-0.15, -0.1) is 0 Å². The van der Waals surface area contributed by atoms with Crippen molar-refractivity contribution in [2.24, 2.45) is 0 Å². The number of carbonyl (C=O) groups is 1. The van der Waals surface area contributed by atoms with Crippen molar-refractivity contribution in [3.8, 4) is 0 Å². The van der Waals surface area contributed by atoms with Crippen molar-refractivity contribution in [3.63, 3.8) is 0 Å². The van der Waals surface area contributed by atoms with Crippen molar-refractivity contribution in [2.45, 2.75) is 31.8 Å². The van der Waals surface area contributed by atoms with Crippen LogP contribution in [-0.4, -0.2) is 32.1 Å². The molecule has 134 valence electrons. The molecule has 1 atom stereocenters. The Labute approximate surface area is 156 Å². The van der Waals surface area contributed by atoms with Crippen molar-refractivity contribution in [1.29, 1.82) is 0 Å². The fourth-order valence-corrected chi connectivity index (χ4v) is 3.54. The Morgan fingerprint density at radius 3 is 3.00 bits per heavy atom. The summed E-state index contributed by atoms with van der Waals surface area (Å²) >= 11 is 6.22. The molecule has 0 saturated carbocycles. The Morgan fingerprint density at radius 1 is 1.31 bits per heavy atom. The maximum absolute atomic E-state index is 12.6. The second kappa shape index (κ2) is 7.33. The minimum atomic E-state index is -0.113. The summed E-state index contributed by atoms with van der Waals surface area (Å²) in [6.07, 6.45) is 7.57. The summed E-state index contributed by atoms with van der Waals surface area (Å²) in [6.45, 7) is 0.948. The van der Waals surface area contributed by atoms with Gasteiger partial charge in [0.2, 0.25) is 11.8 Å². The van der Waals surface area contributed by atoms with E-state index in [1.165, 1.54) is 0 Å². The first-order valence-corrected chi connectivity index (χ1v) is 9.03. The quantitative estimate of drug-likeness (QED) is 0.689. The zero-order valence-corrected chi connectivity index (χ0v) is 15.0. The molecule has 0 N–H and O–H groups in total. The van der Waals surface area contributed by atoms with Crippen LogP contribution in [0.5, 0.6) is 0 Å². The first-order chi connectivity index (χ1) is 12.7. The Morgan fingerprint density at radius 2 is 2.19 bits per heavy atom. The van der Waals surface area contributed by atoms with Crippen molar-refractivity contribution in [3.05, 3.63) is 71.2 Å². The Kier molecular flexibility index (Phi) is 4.75. The summed E-state index contributed by atoms with van der Waals surface area (Å²) in [5, 5.41) is 4.81. The second-order valence-electron chi connectivity index (χ2n) is 6.38. The number of hydrogen-bond acceptors (Lipinski definition) is 4. The number of halogens is 1. The highest BCUT2D eigenvalue weighted by atomic mass is 35.5.